The summed E-state index contributed by atoms with van der Waals surface area (Å²) in [4.78, 5) is 11.2. The molecule has 7 nitrogen and oxygen atoms in total. The van der Waals surface area contributed by atoms with E-state index in [9.17, 15) is 4.39 Å². The van der Waals surface area contributed by atoms with Crippen molar-refractivity contribution in [1.82, 2.24) is 24.6 Å². The molecule has 2 aromatic heterocycles. The molecule has 10 heteroatoms. The van der Waals surface area contributed by atoms with E-state index in [1.807, 2.05) is 16.8 Å². The summed E-state index contributed by atoms with van der Waals surface area (Å²) in [5.41, 5.74) is 2.16. The molecular weight excluding hydrogens is 442 g/mol. The van der Waals surface area contributed by atoms with Crippen LogP contribution in [0.5, 0.6) is 0 Å². The van der Waals surface area contributed by atoms with E-state index in [4.69, 9.17) is 27.9 Å². The molecule has 2 aliphatic heterocycles. The summed E-state index contributed by atoms with van der Waals surface area (Å²) in [5, 5.41) is 9.40. The van der Waals surface area contributed by atoms with Gasteiger partial charge >= 0.3 is 0 Å². The molecule has 2 atom stereocenters. The van der Waals surface area contributed by atoms with Gasteiger partial charge in [-0.1, -0.05) is 23.2 Å². The molecule has 2 saturated heterocycles. The second kappa shape index (κ2) is 7.55. The molecule has 0 radical (unpaired) electrons. The average Bonchev–Trinajstić information content (AvgIpc) is 3.39. The topological polar surface area (TPSA) is 68.1 Å². The highest BCUT2D eigenvalue weighted by molar-refractivity contribution is 6.32. The molecule has 4 heterocycles. The Bertz CT molecular complexity index is 1150. The third-order valence-electron chi connectivity index (χ3n) is 6.39. The first kappa shape index (κ1) is 19.7. The van der Waals surface area contributed by atoms with Crippen LogP contribution in [0.15, 0.2) is 24.5 Å². The SMILES string of the molecule is F[C@H]1CN(C2COC2)C[C@@H]1c1cc2nc(Nc3cnn(C4CC4)c3Cl)ncc2cc1Cl. The predicted octanol–water partition coefficient (Wildman–Crippen LogP) is 4.35. The number of likely N-dealkylation sites (tertiary alicyclic amines) is 1. The van der Waals surface area contributed by atoms with Gasteiger partial charge in [0.1, 0.15) is 6.17 Å². The Morgan fingerprint density at radius 2 is 1.94 bits per heavy atom. The Hall–Kier alpha value is -2.00. The molecule has 6 rings (SSSR count). The van der Waals surface area contributed by atoms with Crippen LogP contribution in [0.2, 0.25) is 10.2 Å². The van der Waals surface area contributed by atoms with Crippen molar-refractivity contribution in [1.29, 1.82) is 0 Å². The van der Waals surface area contributed by atoms with Gasteiger partial charge in [0.2, 0.25) is 5.95 Å². The largest absolute Gasteiger partial charge is 0.378 e. The molecule has 0 amide bonds. The standard InChI is InChI=1S/C21H21Cl2FN6O/c22-16-3-11-5-25-21(28-19-6-26-30(20(19)23)12-1-2-12)27-18(11)4-14(16)15-7-29(8-17(15)24)13-9-31-10-13/h3-6,12-13,15,17H,1-2,7-10H2,(H,25,27,28)/t15-,17+/m1/s1. The van der Waals surface area contributed by atoms with Gasteiger partial charge in [-0.05, 0) is 30.5 Å². The molecule has 3 aromatic rings. The molecule has 1 saturated carbocycles. The maximum Gasteiger partial charge on any atom is 0.227 e. The summed E-state index contributed by atoms with van der Waals surface area (Å²) in [5.74, 6) is 0.129. The Kier molecular flexibility index (Phi) is 4.79. The molecule has 31 heavy (non-hydrogen) atoms. The maximum absolute atomic E-state index is 14.9. The number of alkyl halides is 1. The van der Waals surface area contributed by atoms with Gasteiger partial charge in [-0.15, -0.1) is 0 Å². The fraction of sp³-hybridized carbons (Fsp3) is 0.476. The number of nitrogens with one attached hydrogen (secondary N) is 1. The summed E-state index contributed by atoms with van der Waals surface area (Å²) in [6.45, 7) is 2.39. The molecular formula is C21H21Cl2FN6O. The average molecular weight is 463 g/mol. The van der Waals surface area contributed by atoms with E-state index < -0.39 is 6.17 Å². The molecule has 1 aromatic carbocycles. The van der Waals surface area contributed by atoms with Crippen LogP contribution in [-0.2, 0) is 4.74 Å². The van der Waals surface area contributed by atoms with Crippen LogP contribution in [0.1, 0.15) is 30.4 Å². The van der Waals surface area contributed by atoms with E-state index in [2.05, 4.69) is 25.3 Å². The number of hydrogen-bond acceptors (Lipinski definition) is 6. The number of hydrogen-bond donors (Lipinski definition) is 1. The minimum atomic E-state index is -0.970. The highest BCUT2D eigenvalue weighted by atomic mass is 35.5. The van der Waals surface area contributed by atoms with E-state index in [0.717, 1.165) is 23.8 Å². The summed E-state index contributed by atoms with van der Waals surface area (Å²) in [7, 11) is 0. The fourth-order valence-electron chi connectivity index (χ4n) is 4.36. The van der Waals surface area contributed by atoms with Crippen LogP contribution in [0, 0.1) is 0 Å². The van der Waals surface area contributed by atoms with Gasteiger partial charge in [-0.3, -0.25) is 4.90 Å². The molecule has 1 N–H and O–H groups in total. The molecule has 0 spiro atoms. The summed E-state index contributed by atoms with van der Waals surface area (Å²) in [6.07, 6.45) is 4.62. The smallest absolute Gasteiger partial charge is 0.227 e. The van der Waals surface area contributed by atoms with Crippen molar-refractivity contribution >= 4 is 45.7 Å². The predicted molar refractivity (Wildman–Crippen MR) is 117 cm³/mol. The fourth-order valence-corrected chi connectivity index (χ4v) is 4.95. The first-order valence-electron chi connectivity index (χ1n) is 10.5. The maximum atomic E-state index is 14.9. The lowest BCUT2D eigenvalue weighted by atomic mass is 9.96. The van der Waals surface area contributed by atoms with Gasteiger partial charge in [-0.25, -0.2) is 19.0 Å². The van der Waals surface area contributed by atoms with Crippen molar-refractivity contribution in [3.8, 4) is 0 Å². The lowest BCUT2D eigenvalue weighted by Gasteiger charge is -2.34. The molecule has 0 unspecified atom stereocenters. The number of nitrogens with zero attached hydrogens (tertiary/aromatic N) is 5. The second-order valence-corrected chi connectivity index (χ2v) is 9.31. The van der Waals surface area contributed by atoms with Crippen LogP contribution in [0.3, 0.4) is 0 Å². The monoisotopic (exact) mass is 462 g/mol. The number of fused-ring (bicyclic) bond motifs is 1. The Labute approximate surface area is 188 Å². The van der Waals surface area contributed by atoms with Gasteiger partial charge < -0.3 is 10.1 Å². The lowest BCUT2D eigenvalue weighted by molar-refractivity contribution is -0.0586. The number of ether oxygens (including phenoxy) is 1. The van der Waals surface area contributed by atoms with Crippen molar-refractivity contribution < 1.29 is 9.13 Å². The number of benzene rings is 1. The van der Waals surface area contributed by atoms with Crippen LogP contribution in [-0.4, -0.2) is 63.2 Å². The summed E-state index contributed by atoms with van der Waals surface area (Å²) >= 11 is 13.0. The Morgan fingerprint density at radius 1 is 1.10 bits per heavy atom. The zero-order chi connectivity index (χ0) is 21.1. The number of rotatable bonds is 5. The molecule has 162 valence electrons. The van der Waals surface area contributed by atoms with Crippen LogP contribution >= 0.6 is 23.2 Å². The van der Waals surface area contributed by atoms with E-state index >= 15 is 0 Å². The van der Waals surface area contributed by atoms with Gasteiger partial charge in [0.25, 0.3) is 0 Å². The van der Waals surface area contributed by atoms with Gasteiger partial charge in [0.15, 0.2) is 5.15 Å². The van der Waals surface area contributed by atoms with Crippen molar-refractivity contribution in [3.05, 3.63) is 40.3 Å². The Morgan fingerprint density at radius 3 is 2.68 bits per heavy atom. The molecule has 3 aliphatic rings. The summed E-state index contributed by atoms with van der Waals surface area (Å²) < 4.78 is 22.0. The highest BCUT2D eigenvalue weighted by Crippen LogP contribution is 2.40. The second-order valence-electron chi connectivity index (χ2n) is 8.54. The van der Waals surface area contributed by atoms with Gasteiger partial charge in [0.05, 0.1) is 42.7 Å². The molecule has 0 bridgehead atoms. The zero-order valence-electron chi connectivity index (χ0n) is 16.6. The van der Waals surface area contributed by atoms with Crippen LogP contribution in [0.4, 0.5) is 16.0 Å². The zero-order valence-corrected chi connectivity index (χ0v) is 18.2. The van der Waals surface area contributed by atoms with E-state index in [-0.39, 0.29) is 5.92 Å². The van der Waals surface area contributed by atoms with E-state index in [0.29, 0.717) is 65.7 Å². The first-order valence-corrected chi connectivity index (χ1v) is 11.2. The van der Waals surface area contributed by atoms with Crippen molar-refractivity contribution in [3.63, 3.8) is 0 Å². The highest BCUT2D eigenvalue weighted by Gasteiger charge is 2.40. The summed E-state index contributed by atoms with van der Waals surface area (Å²) in [6, 6.07) is 4.39. The number of aromatic nitrogens is 4. The van der Waals surface area contributed by atoms with Crippen molar-refractivity contribution in [2.75, 3.05) is 31.6 Å². The van der Waals surface area contributed by atoms with Crippen LogP contribution < -0.4 is 5.32 Å². The van der Waals surface area contributed by atoms with E-state index in [1.54, 1.807) is 12.4 Å². The molecule has 1 aliphatic carbocycles. The van der Waals surface area contributed by atoms with Crippen molar-refractivity contribution in [2.45, 2.75) is 37.0 Å². The molecule has 3 fully saturated rings. The van der Waals surface area contributed by atoms with Crippen LogP contribution in [0.25, 0.3) is 10.9 Å². The minimum absolute atomic E-state index is 0.282. The van der Waals surface area contributed by atoms with E-state index in [1.165, 1.54) is 0 Å². The van der Waals surface area contributed by atoms with Gasteiger partial charge in [0, 0.05) is 35.6 Å². The minimum Gasteiger partial charge on any atom is -0.378 e. The third-order valence-corrected chi connectivity index (χ3v) is 7.09. The first-order chi connectivity index (χ1) is 15.1. The van der Waals surface area contributed by atoms with Crippen molar-refractivity contribution in [2.24, 2.45) is 0 Å². The normalized spacial score (nSPS) is 24.6. The Balaban J connectivity index is 1.28. The van der Waals surface area contributed by atoms with Gasteiger partial charge in [-0.2, -0.15) is 5.10 Å². The lowest BCUT2D eigenvalue weighted by Crippen LogP contribution is -2.48. The number of anilines is 2. The third kappa shape index (κ3) is 3.55. The number of halogens is 3. The quantitative estimate of drug-likeness (QED) is 0.607.